The summed E-state index contributed by atoms with van der Waals surface area (Å²) in [5.74, 6) is -0.848. The summed E-state index contributed by atoms with van der Waals surface area (Å²) in [5, 5.41) is 12.5. The van der Waals surface area contributed by atoms with Crippen molar-refractivity contribution in [2.24, 2.45) is 0 Å². The molecule has 47 heavy (non-hydrogen) atoms. The minimum atomic E-state index is -1.05. The first-order valence-electron chi connectivity index (χ1n) is 15.8. The molecule has 8 nitrogen and oxygen atoms in total. The number of hydrogen-bond donors (Lipinski definition) is 2. The van der Waals surface area contributed by atoms with Crippen molar-refractivity contribution in [1.82, 2.24) is 10.2 Å². The van der Waals surface area contributed by atoms with Crippen molar-refractivity contribution in [3.05, 3.63) is 95.1 Å². The number of likely N-dealkylation sites (tertiary alicyclic amines) is 1. The molecule has 4 rings (SSSR count). The Morgan fingerprint density at radius 3 is 2.23 bits per heavy atom. The second-order valence-corrected chi connectivity index (χ2v) is 13.9. The van der Waals surface area contributed by atoms with Crippen molar-refractivity contribution < 1.29 is 29.0 Å². The normalized spacial score (nSPS) is 14.9. The van der Waals surface area contributed by atoms with Gasteiger partial charge in [0.25, 0.3) is 5.91 Å². The van der Waals surface area contributed by atoms with Crippen LogP contribution in [-0.4, -0.2) is 89.2 Å². The fourth-order valence-electron chi connectivity index (χ4n) is 5.71. The van der Waals surface area contributed by atoms with Gasteiger partial charge in [-0.05, 0) is 98.9 Å². The number of aryl methyl sites for hydroxylation is 1. The number of amides is 2. The molecule has 3 aromatic rings. The van der Waals surface area contributed by atoms with E-state index in [2.05, 4.69) is 17.4 Å². The Kier molecular flexibility index (Phi) is 14.0. The number of ether oxygens (including phenoxy) is 2. The zero-order valence-corrected chi connectivity index (χ0v) is 28.3. The third-order valence-corrected chi connectivity index (χ3v) is 8.86. The molecule has 2 N–H and O–H groups in total. The van der Waals surface area contributed by atoms with Gasteiger partial charge < -0.3 is 24.8 Å². The van der Waals surface area contributed by atoms with Crippen molar-refractivity contribution in [3.8, 4) is 11.1 Å². The second-order valence-electron chi connectivity index (χ2n) is 12.9. The quantitative estimate of drug-likeness (QED) is 0.216. The fraction of sp³-hybridized carbons (Fsp3) is 0.432. The maximum atomic E-state index is 13.5. The predicted molar refractivity (Wildman–Crippen MR) is 190 cm³/mol. The van der Waals surface area contributed by atoms with Crippen molar-refractivity contribution in [2.45, 2.75) is 77.2 Å². The second kappa shape index (κ2) is 17.3. The molecule has 0 aliphatic carbocycles. The molecule has 0 radical (unpaired) electrons. The number of carbonyl (C=O) groups excluding carboxylic acids is 2. The molecule has 0 bridgehead atoms. The number of aliphatic carboxylic acids is 1. The van der Waals surface area contributed by atoms with Crippen molar-refractivity contribution >= 4 is 48.6 Å². The van der Waals surface area contributed by atoms with E-state index in [1.807, 2.05) is 88.5 Å². The van der Waals surface area contributed by atoms with Crippen LogP contribution in [0.4, 0.5) is 4.79 Å². The monoisotopic (exact) mass is 654 g/mol. The summed E-state index contributed by atoms with van der Waals surface area (Å²) in [4.78, 5) is 40.0. The van der Waals surface area contributed by atoms with Crippen LogP contribution in [-0.2, 0) is 27.3 Å². The number of carbonyl (C=O) groups is 3. The molecule has 10 heteroatoms. The van der Waals surface area contributed by atoms with E-state index >= 15 is 0 Å². The average molecular weight is 655 g/mol. The van der Waals surface area contributed by atoms with Crippen LogP contribution in [0, 0.1) is 6.92 Å². The van der Waals surface area contributed by atoms with Gasteiger partial charge in [0.05, 0.1) is 12.2 Å². The Labute approximate surface area is 295 Å². The summed E-state index contributed by atoms with van der Waals surface area (Å²) in [6, 6.07) is 22.7. The summed E-state index contributed by atoms with van der Waals surface area (Å²) < 4.78 is 12.4. The number of benzene rings is 3. The van der Waals surface area contributed by atoms with Crippen LogP contribution < -0.4 is 5.32 Å². The SMILES string of the molecule is CSCCC(NC(=O)c1ccc(COC2(Cc3ccccc3)CCN(C(=O)OC(C)(C)C)CC2)cc1-c1ccccc1C)C(=O)O.[LiH]. The van der Waals surface area contributed by atoms with E-state index < -0.39 is 29.1 Å². The first-order chi connectivity index (χ1) is 21.9. The number of piperidine rings is 1. The summed E-state index contributed by atoms with van der Waals surface area (Å²) in [5.41, 5.74) is 4.04. The third-order valence-electron chi connectivity index (χ3n) is 8.22. The Morgan fingerprint density at radius 1 is 0.957 bits per heavy atom. The Bertz CT molecular complexity index is 1500. The number of hydrogen-bond acceptors (Lipinski definition) is 6. The molecule has 2 amide bonds. The van der Waals surface area contributed by atoms with Crippen molar-refractivity contribution in [1.29, 1.82) is 0 Å². The molecule has 1 aliphatic heterocycles. The van der Waals surface area contributed by atoms with Gasteiger partial charge in [-0.15, -0.1) is 0 Å². The minimum absolute atomic E-state index is 0. The van der Waals surface area contributed by atoms with E-state index in [-0.39, 0.29) is 25.0 Å². The standard InChI is InChI=1S/C37H46N2O6S.Li.H/c1-26-11-9-10-14-29(26)31-23-28(15-16-30(31)33(40)38-32(34(41)42)17-22-46-5)25-44-37(24-27-12-7-6-8-13-27)18-20-39(21-19-37)35(43)45-36(2,3)4;;/h6-16,23,32H,17-22,24-25H2,1-5H3,(H,38,40)(H,41,42);;. The molecule has 1 atom stereocenters. The Balaban J connectivity index is 0.00000600. The van der Waals surface area contributed by atoms with E-state index in [4.69, 9.17) is 9.47 Å². The van der Waals surface area contributed by atoms with Crippen molar-refractivity contribution in [3.63, 3.8) is 0 Å². The van der Waals surface area contributed by atoms with Crippen LogP contribution >= 0.6 is 11.8 Å². The third kappa shape index (κ3) is 10.9. The molecule has 248 valence electrons. The molecule has 1 saturated heterocycles. The molecule has 1 heterocycles. The number of rotatable bonds is 12. The summed E-state index contributed by atoms with van der Waals surface area (Å²) >= 11 is 1.54. The molecule has 1 fully saturated rings. The van der Waals surface area contributed by atoms with Crippen molar-refractivity contribution in [2.75, 3.05) is 25.1 Å². The molecular weight excluding hydrogens is 607 g/mol. The Hall–Kier alpha value is -3.22. The van der Waals surface area contributed by atoms with Crippen LogP contribution in [0.5, 0.6) is 0 Å². The van der Waals surface area contributed by atoms with Crippen LogP contribution in [0.15, 0.2) is 72.8 Å². The molecule has 3 aromatic carbocycles. The predicted octanol–water partition coefficient (Wildman–Crippen LogP) is 6.48. The van der Waals surface area contributed by atoms with E-state index in [9.17, 15) is 19.5 Å². The van der Waals surface area contributed by atoms with E-state index in [1.165, 1.54) is 0 Å². The summed E-state index contributed by atoms with van der Waals surface area (Å²) in [7, 11) is 0. The average Bonchev–Trinajstić information content (AvgIpc) is 3.02. The molecule has 1 unspecified atom stereocenters. The number of carboxylic acid groups (broad SMARTS) is 1. The van der Waals surface area contributed by atoms with Gasteiger partial charge in [-0.2, -0.15) is 11.8 Å². The van der Waals surface area contributed by atoms with Gasteiger partial charge in [0, 0.05) is 25.1 Å². The van der Waals surface area contributed by atoms with E-state index in [0.717, 1.165) is 27.8 Å². The van der Waals surface area contributed by atoms with Gasteiger partial charge in [-0.25, -0.2) is 9.59 Å². The summed E-state index contributed by atoms with van der Waals surface area (Å²) in [6.45, 7) is 8.96. The molecule has 1 aliphatic rings. The fourth-order valence-corrected chi connectivity index (χ4v) is 6.18. The van der Waals surface area contributed by atoms with Crippen LogP contribution in [0.2, 0.25) is 0 Å². The van der Waals surface area contributed by atoms with E-state index in [1.54, 1.807) is 22.7 Å². The van der Waals surface area contributed by atoms with Gasteiger partial charge in [0.15, 0.2) is 0 Å². The van der Waals surface area contributed by atoms with Crippen LogP contribution in [0.1, 0.15) is 67.1 Å². The van der Waals surface area contributed by atoms with Gasteiger partial charge in [0.1, 0.15) is 11.6 Å². The first-order valence-corrected chi connectivity index (χ1v) is 17.2. The molecule has 0 spiro atoms. The number of nitrogens with zero attached hydrogens (tertiary/aromatic N) is 1. The topological polar surface area (TPSA) is 105 Å². The molecule has 0 saturated carbocycles. The zero-order chi connectivity index (χ0) is 33.3. The Morgan fingerprint density at radius 2 is 1.62 bits per heavy atom. The van der Waals surface area contributed by atoms with Gasteiger partial charge in [-0.1, -0.05) is 60.7 Å². The maximum absolute atomic E-state index is 13.5. The van der Waals surface area contributed by atoms with Crippen LogP contribution in [0.3, 0.4) is 0 Å². The molecular formula is C37H47LiN2O6S. The van der Waals surface area contributed by atoms with E-state index in [0.29, 0.717) is 56.7 Å². The first kappa shape index (κ1) is 38.2. The zero-order valence-electron chi connectivity index (χ0n) is 27.5. The summed E-state index contributed by atoms with van der Waals surface area (Å²) in [6.07, 6.45) is 3.94. The number of thioether (sulfide) groups is 1. The van der Waals surface area contributed by atoms with Crippen LogP contribution in [0.25, 0.3) is 11.1 Å². The number of nitrogens with one attached hydrogen (secondary N) is 1. The number of carboxylic acids is 1. The van der Waals surface area contributed by atoms with Gasteiger partial charge in [-0.3, -0.25) is 4.79 Å². The molecule has 0 aromatic heterocycles. The van der Waals surface area contributed by atoms with Gasteiger partial charge >= 0.3 is 30.9 Å². The van der Waals surface area contributed by atoms with Gasteiger partial charge in [0.2, 0.25) is 0 Å².